The summed E-state index contributed by atoms with van der Waals surface area (Å²) in [6, 6.07) is 2.75. The highest BCUT2D eigenvalue weighted by Crippen LogP contribution is 1.98. The van der Waals surface area contributed by atoms with Crippen LogP contribution in [0.4, 0.5) is 0 Å². The van der Waals surface area contributed by atoms with Crippen molar-refractivity contribution >= 4 is 5.91 Å². The van der Waals surface area contributed by atoms with E-state index in [0.29, 0.717) is 0 Å². The van der Waals surface area contributed by atoms with E-state index in [1.54, 1.807) is 0 Å². The second-order valence-corrected chi connectivity index (χ2v) is 1.83. The van der Waals surface area contributed by atoms with Crippen molar-refractivity contribution in [1.82, 2.24) is 10.2 Å². The monoisotopic (exact) mass is 154 g/mol. The second kappa shape index (κ2) is 3.09. The predicted octanol–water partition coefficient (Wildman–Crippen LogP) is 0.302. The second-order valence-electron chi connectivity index (χ2n) is 1.83. The summed E-state index contributed by atoms with van der Waals surface area (Å²) in [5.41, 5.74) is 0.171. The van der Waals surface area contributed by atoms with E-state index in [-0.39, 0.29) is 5.56 Å². The fourth-order valence-electron chi connectivity index (χ4n) is 0.610. The van der Waals surface area contributed by atoms with Crippen LogP contribution in [0.1, 0.15) is 10.4 Å². The Hall–Kier alpha value is -1.46. The average Bonchev–Trinajstić information content (AvgIpc) is 2.05. The molecule has 11 heavy (non-hydrogen) atoms. The highest BCUT2D eigenvalue weighted by atomic mass is 16.8. The summed E-state index contributed by atoms with van der Waals surface area (Å²) < 4.78 is 0. The smallest absolute Gasteiger partial charge is 0.265 e. The van der Waals surface area contributed by atoms with Crippen molar-refractivity contribution in [3.63, 3.8) is 0 Å². The SMILES string of the molecule is O=C(c1ccncc1)N(O)O. The lowest BCUT2D eigenvalue weighted by Gasteiger charge is -2.03. The van der Waals surface area contributed by atoms with Crippen LogP contribution in [0.5, 0.6) is 0 Å². The summed E-state index contributed by atoms with van der Waals surface area (Å²) in [6.45, 7) is 0. The summed E-state index contributed by atoms with van der Waals surface area (Å²) >= 11 is 0. The molecule has 0 bridgehead atoms. The molecule has 1 aromatic rings. The molecule has 0 unspecified atom stereocenters. The number of carbonyl (C=O) groups excluding carboxylic acids is 1. The third-order valence-electron chi connectivity index (χ3n) is 1.11. The fraction of sp³-hybridized carbons (Fsp3) is 0. The Morgan fingerprint density at radius 2 is 1.91 bits per heavy atom. The molecule has 0 spiro atoms. The Morgan fingerprint density at radius 3 is 2.36 bits per heavy atom. The summed E-state index contributed by atoms with van der Waals surface area (Å²) in [5, 5.41) is 16.1. The van der Waals surface area contributed by atoms with E-state index < -0.39 is 11.1 Å². The van der Waals surface area contributed by atoms with E-state index >= 15 is 0 Å². The maximum Gasteiger partial charge on any atom is 0.303 e. The van der Waals surface area contributed by atoms with Crippen LogP contribution < -0.4 is 0 Å². The van der Waals surface area contributed by atoms with E-state index in [4.69, 9.17) is 10.4 Å². The average molecular weight is 154 g/mol. The highest BCUT2D eigenvalue weighted by Gasteiger charge is 2.09. The van der Waals surface area contributed by atoms with Gasteiger partial charge in [0.05, 0.1) is 0 Å². The highest BCUT2D eigenvalue weighted by molar-refractivity contribution is 5.92. The van der Waals surface area contributed by atoms with Crippen molar-refractivity contribution in [3.8, 4) is 0 Å². The normalized spacial score (nSPS) is 9.27. The zero-order valence-corrected chi connectivity index (χ0v) is 5.51. The van der Waals surface area contributed by atoms with Gasteiger partial charge >= 0.3 is 5.91 Å². The molecule has 0 radical (unpaired) electrons. The van der Waals surface area contributed by atoms with Gasteiger partial charge in [-0.15, -0.1) is 0 Å². The van der Waals surface area contributed by atoms with Crippen molar-refractivity contribution < 1.29 is 15.2 Å². The lowest BCUT2D eigenvalue weighted by Crippen LogP contribution is -2.23. The molecule has 0 aromatic carbocycles. The first-order valence-corrected chi connectivity index (χ1v) is 2.84. The Kier molecular flexibility index (Phi) is 2.15. The minimum absolute atomic E-state index is 0.171. The molecule has 1 rings (SSSR count). The maximum atomic E-state index is 10.7. The molecule has 1 amide bonds. The van der Waals surface area contributed by atoms with Gasteiger partial charge in [0.2, 0.25) is 0 Å². The minimum atomic E-state index is -0.882. The number of pyridine rings is 1. The van der Waals surface area contributed by atoms with Crippen molar-refractivity contribution in [3.05, 3.63) is 30.1 Å². The first kappa shape index (κ1) is 7.64. The summed E-state index contributed by atoms with van der Waals surface area (Å²) in [4.78, 5) is 14.4. The van der Waals surface area contributed by atoms with Gasteiger partial charge in [0, 0.05) is 18.0 Å². The number of nitrogens with zero attached hydrogens (tertiary/aromatic N) is 2. The van der Waals surface area contributed by atoms with Crippen LogP contribution >= 0.6 is 0 Å². The Balaban J connectivity index is 2.86. The van der Waals surface area contributed by atoms with E-state index in [1.165, 1.54) is 24.5 Å². The lowest BCUT2D eigenvalue weighted by atomic mass is 10.3. The van der Waals surface area contributed by atoms with Crippen LogP contribution in [0.3, 0.4) is 0 Å². The van der Waals surface area contributed by atoms with Crippen LogP contribution in [0.15, 0.2) is 24.5 Å². The molecule has 0 atom stereocenters. The first-order chi connectivity index (χ1) is 5.22. The Bertz CT molecular complexity index is 247. The standard InChI is InChI=1S/C6H6N2O3/c9-6(8(10)11)5-1-3-7-4-2-5/h1-4,10-11H. The van der Waals surface area contributed by atoms with Gasteiger partial charge in [-0.25, -0.2) is 0 Å². The zero-order chi connectivity index (χ0) is 8.27. The molecule has 0 fully saturated rings. The topological polar surface area (TPSA) is 73.7 Å². The van der Waals surface area contributed by atoms with Gasteiger partial charge in [0.25, 0.3) is 0 Å². The van der Waals surface area contributed by atoms with Gasteiger partial charge in [0.15, 0.2) is 0 Å². The molecule has 0 saturated heterocycles. The fourth-order valence-corrected chi connectivity index (χ4v) is 0.610. The molecule has 0 aliphatic rings. The van der Waals surface area contributed by atoms with Gasteiger partial charge < -0.3 is 0 Å². The molecule has 58 valence electrons. The summed E-state index contributed by atoms with van der Waals surface area (Å²) in [6.07, 6.45) is 2.77. The van der Waals surface area contributed by atoms with Crippen molar-refractivity contribution in [2.24, 2.45) is 0 Å². The summed E-state index contributed by atoms with van der Waals surface area (Å²) in [7, 11) is 0. The Morgan fingerprint density at radius 1 is 1.36 bits per heavy atom. The van der Waals surface area contributed by atoms with Gasteiger partial charge in [-0.2, -0.15) is 0 Å². The third-order valence-corrected chi connectivity index (χ3v) is 1.11. The molecule has 2 N–H and O–H groups in total. The molecule has 1 heterocycles. The van der Waals surface area contributed by atoms with Gasteiger partial charge in [0.1, 0.15) is 0 Å². The summed E-state index contributed by atoms with van der Waals surface area (Å²) in [5.74, 6) is -0.882. The van der Waals surface area contributed by atoms with Crippen LogP contribution in [0.25, 0.3) is 0 Å². The number of carbonyl (C=O) groups is 1. The van der Waals surface area contributed by atoms with Gasteiger partial charge in [-0.3, -0.25) is 20.2 Å². The molecule has 5 nitrogen and oxygen atoms in total. The van der Waals surface area contributed by atoms with Gasteiger partial charge in [-0.1, -0.05) is 5.23 Å². The van der Waals surface area contributed by atoms with E-state index in [1.807, 2.05) is 0 Å². The predicted molar refractivity (Wildman–Crippen MR) is 34.0 cm³/mol. The van der Waals surface area contributed by atoms with Crippen LogP contribution in [-0.2, 0) is 0 Å². The van der Waals surface area contributed by atoms with Crippen LogP contribution in [0, 0.1) is 0 Å². The van der Waals surface area contributed by atoms with Crippen molar-refractivity contribution in [2.75, 3.05) is 0 Å². The first-order valence-electron chi connectivity index (χ1n) is 2.84. The number of hydrogen-bond acceptors (Lipinski definition) is 4. The quantitative estimate of drug-likeness (QED) is 0.450. The Labute approximate surface area is 62.4 Å². The van der Waals surface area contributed by atoms with Crippen LogP contribution in [-0.4, -0.2) is 26.5 Å². The maximum absolute atomic E-state index is 10.7. The van der Waals surface area contributed by atoms with E-state index in [9.17, 15) is 4.79 Å². The number of amides is 1. The number of rotatable bonds is 1. The van der Waals surface area contributed by atoms with Crippen molar-refractivity contribution in [2.45, 2.75) is 0 Å². The van der Waals surface area contributed by atoms with Crippen molar-refractivity contribution in [1.29, 1.82) is 0 Å². The lowest BCUT2D eigenvalue weighted by molar-refractivity contribution is -0.260. The third kappa shape index (κ3) is 1.73. The zero-order valence-electron chi connectivity index (χ0n) is 5.51. The molecular weight excluding hydrogens is 148 g/mol. The minimum Gasteiger partial charge on any atom is -0.265 e. The van der Waals surface area contributed by atoms with E-state index in [2.05, 4.69) is 4.98 Å². The number of aromatic nitrogens is 1. The van der Waals surface area contributed by atoms with E-state index in [0.717, 1.165) is 0 Å². The molecular formula is C6H6N2O3. The van der Waals surface area contributed by atoms with Gasteiger partial charge in [-0.05, 0) is 12.1 Å². The molecule has 0 aliphatic heterocycles. The largest absolute Gasteiger partial charge is 0.303 e. The molecule has 1 aromatic heterocycles. The number of hydroxylamine groups is 2. The molecule has 0 aliphatic carbocycles. The molecule has 5 heteroatoms. The number of hydrogen-bond donors (Lipinski definition) is 2. The van der Waals surface area contributed by atoms with Crippen LogP contribution in [0.2, 0.25) is 0 Å². The molecule has 0 saturated carbocycles.